The van der Waals surface area contributed by atoms with Crippen LogP contribution in [-0.2, 0) is 9.53 Å². The molecule has 0 aliphatic carbocycles. The zero-order valence-electron chi connectivity index (χ0n) is 17.4. The van der Waals surface area contributed by atoms with Gasteiger partial charge in [-0.15, -0.1) is 0 Å². The number of hydrogen-bond donors (Lipinski definition) is 2. The summed E-state index contributed by atoms with van der Waals surface area (Å²) in [6, 6.07) is 10.3. The summed E-state index contributed by atoms with van der Waals surface area (Å²) in [6.45, 7) is 5.33. The van der Waals surface area contributed by atoms with Crippen LogP contribution in [0.25, 0.3) is 0 Å². The normalized spacial score (nSPS) is 15.9. The number of rotatable bonds is 6. The lowest BCUT2D eigenvalue weighted by molar-refractivity contribution is -0.143. The molecule has 8 heteroatoms. The second kappa shape index (κ2) is 9.42. The minimum atomic E-state index is -0.711. The number of urea groups is 1. The van der Waals surface area contributed by atoms with Gasteiger partial charge in [-0.25, -0.2) is 18.8 Å². The summed E-state index contributed by atoms with van der Waals surface area (Å²) in [4.78, 5) is 37.0. The van der Waals surface area contributed by atoms with Crippen molar-refractivity contribution in [3.8, 4) is 5.75 Å². The van der Waals surface area contributed by atoms with Gasteiger partial charge in [0.05, 0.1) is 23.3 Å². The second-order valence-electron chi connectivity index (χ2n) is 7.20. The Morgan fingerprint density at radius 1 is 1.03 bits per heavy atom. The molecule has 2 amide bonds. The van der Waals surface area contributed by atoms with Gasteiger partial charge < -0.3 is 20.1 Å². The van der Waals surface area contributed by atoms with Gasteiger partial charge in [0.25, 0.3) is 0 Å². The van der Waals surface area contributed by atoms with E-state index in [1.807, 2.05) is 6.92 Å². The monoisotopic (exact) mass is 426 g/mol. The van der Waals surface area contributed by atoms with E-state index in [1.54, 1.807) is 38.1 Å². The lowest BCUT2D eigenvalue weighted by Gasteiger charge is -2.29. The Labute approximate surface area is 179 Å². The Morgan fingerprint density at radius 2 is 1.68 bits per heavy atom. The van der Waals surface area contributed by atoms with Gasteiger partial charge >= 0.3 is 18.0 Å². The molecule has 0 bridgehead atoms. The molecule has 31 heavy (non-hydrogen) atoms. The maximum atomic E-state index is 13.0. The molecule has 1 unspecified atom stereocenters. The number of carbonyl (C=O) groups is 3. The largest absolute Gasteiger partial charge is 0.459 e. The predicted molar refractivity (Wildman–Crippen MR) is 111 cm³/mol. The number of ether oxygens (including phenoxy) is 2. The molecule has 2 aromatic rings. The van der Waals surface area contributed by atoms with Crippen LogP contribution in [0.3, 0.4) is 0 Å². The van der Waals surface area contributed by atoms with Crippen LogP contribution in [0.15, 0.2) is 59.8 Å². The topological polar surface area (TPSA) is 93.7 Å². The molecule has 2 N–H and O–H groups in total. The van der Waals surface area contributed by atoms with Crippen molar-refractivity contribution < 1.29 is 28.2 Å². The number of amides is 2. The Hall–Kier alpha value is -3.68. The first-order chi connectivity index (χ1) is 14.8. The highest BCUT2D eigenvalue weighted by atomic mass is 19.1. The molecule has 1 heterocycles. The first-order valence-electron chi connectivity index (χ1n) is 9.87. The molecule has 2 aromatic carbocycles. The summed E-state index contributed by atoms with van der Waals surface area (Å²) in [7, 11) is 0. The third-order valence-electron chi connectivity index (χ3n) is 4.57. The van der Waals surface area contributed by atoms with Gasteiger partial charge in [0.2, 0.25) is 0 Å². The number of allylic oxidation sites excluding steroid dienone is 1. The van der Waals surface area contributed by atoms with E-state index in [0.717, 1.165) is 0 Å². The van der Waals surface area contributed by atoms with E-state index < -0.39 is 29.8 Å². The molecule has 0 saturated heterocycles. The van der Waals surface area contributed by atoms with Crippen LogP contribution in [0.5, 0.6) is 5.75 Å². The van der Waals surface area contributed by atoms with Gasteiger partial charge in [-0.2, -0.15) is 0 Å². The van der Waals surface area contributed by atoms with Crippen molar-refractivity contribution in [3.05, 3.63) is 76.7 Å². The standard InChI is InChI=1S/C23H23FN2O5/c1-4-18-19(22(28)30-13(2)3)20(26-23(29)25-18)14-7-11-17(12-8-14)31-21(27)15-5-9-16(24)10-6-15/h5-13,20H,4H2,1-3H3,(H2,25,26,29). The SMILES string of the molecule is CCC1=C(C(=O)OC(C)C)C(c2ccc(OC(=O)c3ccc(F)cc3)cc2)NC(=O)N1. The number of benzene rings is 2. The molecule has 0 spiro atoms. The van der Waals surface area contributed by atoms with Gasteiger partial charge in [0.15, 0.2) is 0 Å². The zero-order chi connectivity index (χ0) is 22.5. The fourth-order valence-corrected chi connectivity index (χ4v) is 3.15. The third kappa shape index (κ3) is 5.28. The molecule has 1 aliphatic heterocycles. The fourth-order valence-electron chi connectivity index (χ4n) is 3.15. The van der Waals surface area contributed by atoms with Gasteiger partial charge in [-0.1, -0.05) is 19.1 Å². The van der Waals surface area contributed by atoms with Crippen LogP contribution in [0, 0.1) is 5.82 Å². The number of carbonyl (C=O) groups excluding carboxylic acids is 3. The molecule has 162 valence electrons. The predicted octanol–water partition coefficient (Wildman–Crippen LogP) is 4.01. The van der Waals surface area contributed by atoms with E-state index in [0.29, 0.717) is 23.3 Å². The highest BCUT2D eigenvalue weighted by Gasteiger charge is 2.33. The van der Waals surface area contributed by atoms with Crippen LogP contribution < -0.4 is 15.4 Å². The second-order valence-corrected chi connectivity index (χ2v) is 7.20. The van der Waals surface area contributed by atoms with E-state index >= 15 is 0 Å². The summed E-state index contributed by atoms with van der Waals surface area (Å²) < 4.78 is 23.7. The van der Waals surface area contributed by atoms with Crippen molar-refractivity contribution in [1.29, 1.82) is 0 Å². The van der Waals surface area contributed by atoms with E-state index in [9.17, 15) is 18.8 Å². The molecule has 1 atom stereocenters. The lowest BCUT2D eigenvalue weighted by atomic mass is 9.94. The van der Waals surface area contributed by atoms with E-state index in [2.05, 4.69) is 10.6 Å². The highest BCUT2D eigenvalue weighted by Crippen LogP contribution is 2.30. The van der Waals surface area contributed by atoms with Crippen molar-refractivity contribution in [2.75, 3.05) is 0 Å². The average molecular weight is 426 g/mol. The average Bonchev–Trinajstić information content (AvgIpc) is 2.73. The number of halogens is 1. The molecular weight excluding hydrogens is 403 g/mol. The molecule has 0 aromatic heterocycles. The van der Waals surface area contributed by atoms with Gasteiger partial charge in [-0.3, -0.25) is 0 Å². The Morgan fingerprint density at radius 3 is 2.26 bits per heavy atom. The van der Waals surface area contributed by atoms with Crippen molar-refractivity contribution in [3.63, 3.8) is 0 Å². The van der Waals surface area contributed by atoms with Gasteiger partial charge in [-0.05, 0) is 62.2 Å². The van der Waals surface area contributed by atoms with Crippen LogP contribution in [0.2, 0.25) is 0 Å². The zero-order valence-corrected chi connectivity index (χ0v) is 17.4. The van der Waals surface area contributed by atoms with Crippen LogP contribution in [0.4, 0.5) is 9.18 Å². The quantitative estimate of drug-likeness (QED) is 0.538. The van der Waals surface area contributed by atoms with E-state index in [-0.39, 0.29) is 17.4 Å². The minimum Gasteiger partial charge on any atom is -0.459 e. The first-order valence-corrected chi connectivity index (χ1v) is 9.87. The summed E-state index contributed by atoms with van der Waals surface area (Å²) >= 11 is 0. The number of nitrogens with one attached hydrogen (secondary N) is 2. The molecule has 7 nitrogen and oxygen atoms in total. The number of hydrogen-bond acceptors (Lipinski definition) is 5. The van der Waals surface area contributed by atoms with Crippen molar-refractivity contribution in [1.82, 2.24) is 10.6 Å². The van der Waals surface area contributed by atoms with E-state index in [1.165, 1.54) is 24.3 Å². The van der Waals surface area contributed by atoms with Crippen LogP contribution >= 0.6 is 0 Å². The maximum absolute atomic E-state index is 13.0. The van der Waals surface area contributed by atoms with Crippen molar-refractivity contribution >= 4 is 18.0 Å². The molecule has 0 saturated carbocycles. The van der Waals surface area contributed by atoms with Crippen molar-refractivity contribution in [2.24, 2.45) is 0 Å². The Balaban J connectivity index is 1.83. The third-order valence-corrected chi connectivity index (χ3v) is 4.57. The Bertz CT molecular complexity index is 1010. The molecule has 1 aliphatic rings. The molecule has 3 rings (SSSR count). The van der Waals surface area contributed by atoms with Crippen LogP contribution in [0.1, 0.15) is 49.2 Å². The molecular formula is C23H23FN2O5. The molecule has 0 radical (unpaired) electrons. The summed E-state index contributed by atoms with van der Waals surface area (Å²) in [5.74, 6) is -1.32. The molecule has 0 fully saturated rings. The smallest absolute Gasteiger partial charge is 0.343 e. The van der Waals surface area contributed by atoms with Crippen LogP contribution in [-0.4, -0.2) is 24.1 Å². The fraction of sp³-hybridized carbons (Fsp3) is 0.261. The number of esters is 2. The summed E-state index contributed by atoms with van der Waals surface area (Å²) in [6.07, 6.45) is 0.129. The van der Waals surface area contributed by atoms with Crippen molar-refractivity contribution in [2.45, 2.75) is 39.3 Å². The summed E-state index contributed by atoms with van der Waals surface area (Å²) in [5.41, 5.74) is 1.65. The summed E-state index contributed by atoms with van der Waals surface area (Å²) in [5, 5.41) is 5.40. The minimum absolute atomic E-state index is 0.213. The Kier molecular flexibility index (Phi) is 6.69. The maximum Gasteiger partial charge on any atom is 0.343 e. The van der Waals surface area contributed by atoms with Gasteiger partial charge in [0.1, 0.15) is 11.6 Å². The highest BCUT2D eigenvalue weighted by molar-refractivity contribution is 5.95. The van der Waals surface area contributed by atoms with Gasteiger partial charge in [0, 0.05) is 5.70 Å². The lowest BCUT2D eigenvalue weighted by Crippen LogP contribution is -2.46. The first kappa shape index (κ1) is 22.0. The van der Waals surface area contributed by atoms with E-state index in [4.69, 9.17) is 9.47 Å².